The van der Waals surface area contributed by atoms with Gasteiger partial charge < -0.3 is 20.1 Å². The summed E-state index contributed by atoms with van der Waals surface area (Å²) >= 11 is 0. The minimum Gasteiger partial charge on any atom is -0.386 e. The molecule has 7 heteroatoms. The minimum absolute atomic E-state index is 0.00246. The third-order valence-electron chi connectivity index (χ3n) is 4.23. The number of amides is 2. The van der Waals surface area contributed by atoms with Crippen LogP contribution >= 0.6 is 0 Å². The topological polar surface area (TPSA) is 91.8 Å². The molecule has 136 valence electrons. The Labute approximate surface area is 151 Å². The quantitative estimate of drug-likeness (QED) is 0.848. The molecule has 0 aliphatic carbocycles. The zero-order chi connectivity index (χ0) is 18.5. The van der Waals surface area contributed by atoms with Gasteiger partial charge in [0.05, 0.1) is 24.9 Å². The Hall–Kier alpha value is -2.77. The van der Waals surface area contributed by atoms with E-state index in [9.17, 15) is 14.7 Å². The lowest BCUT2D eigenvalue weighted by molar-refractivity contribution is -0.155. The van der Waals surface area contributed by atoms with Crippen molar-refractivity contribution < 1.29 is 19.4 Å². The van der Waals surface area contributed by atoms with Crippen molar-refractivity contribution in [3.63, 3.8) is 0 Å². The van der Waals surface area contributed by atoms with Gasteiger partial charge in [-0.15, -0.1) is 0 Å². The van der Waals surface area contributed by atoms with Gasteiger partial charge in [-0.1, -0.05) is 18.2 Å². The first-order valence-corrected chi connectivity index (χ1v) is 8.37. The van der Waals surface area contributed by atoms with Crippen LogP contribution in [0.25, 0.3) is 0 Å². The van der Waals surface area contributed by atoms with E-state index < -0.39 is 12.1 Å². The molecule has 2 amide bonds. The van der Waals surface area contributed by atoms with E-state index in [1.165, 1.54) is 6.92 Å². The SMILES string of the molecule is CC(=O)Nc1ccc(C(O)C2COCC(=O)N2Cc2ccccn2)cc1. The van der Waals surface area contributed by atoms with Crippen LogP contribution in [0.5, 0.6) is 0 Å². The number of morpholine rings is 1. The monoisotopic (exact) mass is 355 g/mol. The van der Waals surface area contributed by atoms with Crippen molar-refractivity contribution in [1.82, 2.24) is 9.88 Å². The highest BCUT2D eigenvalue weighted by molar-refractivity contribution is 5.88. The first-order chi connectivity index (χ1) is 12.5. The minimum atomic E-state index is -0.908. The first kappa shape index (κ1) is 18.0. The molecule has 7 nitrogen and oxygen atoms in total. The number of rotatable bonds is 5. The van der Waals surface area contributed by atoms with Crippen molar-refractivity contribution in [2.24, 2.45) is 0 Å². The standard InChI is InChI=1S/C19H21N3O4/c1-13(23)21-15-7-5-14(6-8-15)19(25)17-11-26-12-18(24)22(17)10-16-4-2-3-9-20-16/h2-9,17,19,25H,10-12H2,1H3,(H,21,23). The van der Waals surface area contributed by atoms with Gasteiger partial charge in [0.25, 0.3) is 0 Å². The van der Waals surface area contributed by atoms with Crippen molar-refractivity contribution >= 4 is 17.5 Å². The highest BCUT2D eigenvalue weighted by Crippen LogP contribution is 2.26. The Morgan fingerprint density at radius 2 is 2.12 bits per heavy atom. The number of aliphatic hydroxyl groups is 1. The van der Waals surface area contributed by atoms with Crippen molar-refractivity contribution in [3.05, 3.63) is 59.9 Å². The van der Waals surface area contributed by atoms with Crippen molar-refractivity contribution in [3.8, 4) is 0 Å². The fourth-order valence-corrected chi connectivity index (χ4v) is 2.95. The zero-order valence-corrected chi connectivity index (χ0v) is 14.5. The molecule has 0 spiro atoms. The molecule has 0 saturated carbocycles. The summed E-state index contributed by atoms with van der Waals surface area (Å²) in [6.45, 7) is 1.99. The van der Waals surface area contributed by atoms with Gasteiger partial charge in [0, 0.05) is 18.8 Å². The number of nitrogens with one attached hydrogen (secondary N) is 1. The Balaban J connectivity index is 1.77. The van der Waals surface area contributed by atoms with Gasteiger partial charge in [0.1, 0.15) is 12.7 Å². The number of hydrogen-bond donors (Lipinski definition) is 2. The summed E-state index contributed by atoms with van der Waals surface area (Å²) in [7, 11) is 0. The van der Waals surface area contributed by atoms with Crippen LogP contribution in [0.2, 0.25) is 0 Å². The molecule has 2 heterocycles. The number of aliphatic hydroxyl groups excluding tert-OH is 1. The van der Waals surface area contributed by atoms with E-state index in [2.05, 4.69) is 10.3 Å². The van der Waals surface area contributed by atoms with Gasteiger partial charge in [0.15, 0.2) is 0 Å². The molecule has 3 rings (SSSR count). The first-order valence-electron chi connectivity index (χ1n) is 8.37. The number of hydrogen-bond acceptors (Lipinski definition) is 5. The molecule has 1 aliphatic heterocycles. The lowest BCUT2D eigenvalue weighted by atomic mass is 9.99. The average molecular weight is 355 g/mol. The highest BCUT2D eigenvalue weighted by atomic mass is 16.5. The number of carbonyl (C=O) groups excluding carboxylic acids is 2. The van der Waals surface area contributed by atoms with E-state index in [1.807, 2.05) is 18.2 Å². The summed E-state index contributed by atoms with van der Waals surface area (Å²) in [5.41, 5.74) is 2.05. The van der Waals surface area contributed by atoms with Gasteiger partial charge >= 0.3 is 0 Å². The lowest BCUT2D eigenvalue weighted by Gasteiger charge is -2.38. The molecule has 1 aromatic carbocycles. The van der Waals surface area contributed by atoms with E-state index in [-0.39, 0.29) is 25.0 Å². The molecule has 1 fully saturated rings. The second-order valence-electron chi connectivity index (χ2n) is 6.17. The normalized spacial score (nSPS) is 18.5. The fraction of sp³-hybridized carbons (Fsp3) is 0.316. The van der Waals surface area contributed by atoms with E-state index in [1.54, 1.807) is 35.4 Å². The Bertz CT molecular complexity index is 764. The van der Waals surface area contributed by atoms with Crippen molar-refractivity contribution in [1.29, 1.82) is 0 Å². The molecule has 2 aromatic rings. The van der Waals surface area contributed by atoms with Crippen LogP contribution in [-0.2, 0) is 20.9 Å². The summed E-state index contributed by atoms with van der Waals surface area (Å²) in [4.78, 5) is 29.3. The number of anilines is 1. The van der Waals surface area contributed by atoms with Gasteiger partial charge in [-0.2, -0.15) is 0 Å². The van der Waals surface area contributed by atoms with Crippen molar-refractivity contribution in [2.75, 3.05) is 18.5 Å². The molecular formula is C19H21N3O4. The Morgan fingerprint density at radius 1 is 1.35 bits per heavy atom. The number of benzene rings is 1. The summed E-state index contributed by atoms with van der Waals surface area (Å²) in [5.74, 6) is -0.341. The lowest BCUT2D eigenvalue weighted by Crippen LogP contribution is -2.51. The van der Waals surface area contributed by atoms with Crippen LogP contribution in [-0.4, -0.2) is 46.1 Å². The fourth-order valence-electron chi connectivity index (χ4n) is 2.95. The summed E-state index contributed by atoms with van der Waals surface area (Å²) in [6, 6.07) is 11.9. The van der Waals surface area contributed by atoms with E-state index >= 15 is 0 Å². The molecule has 0 bridgehead atoms. The molecule has 0 radical (unpaired) electrons. The highest BCUT2D eigenvalue weighted by Gasteiger charge is 2.34. The second-order valence-corrected chi connectivity index (χ2v) is 6.17. The smallest absolute Gasteiger partial charge is 0.249 e. The third kappa shape index (κ3) is 4.25. The number of pyridine rings is 1. The Morgan fingerprint density at radius 3 is 2.77 bits per heavy atom. The molecule has 2 unspecified atom stereocenters. The van der Waals surface area contributed by atoms with Gasteiger partial charge in [-0.25, -0.2) is 0 Å². The summed E-state index contributed by atoms with van der Waals surface area (Å²) in [6.07, 6.45) is 0.765. The maximum atomic E-state index is 12.3. The maximum Gasteiger partial charge on any atom is 0.249 e. The van der Waals surface area contributed by atoms with Gasteiger partial charge in [-0.05, 0) is 29.8 Å². The zero-order valence-electron chi connectivity index (χ0n) is 14.5. The molecule has 1 aromatic heterocycles. The maximum absolute atomic E-state index is 12.3. The largest absolute Gasteiger partial charge is 0.386 e. The van der Waals surface area contributed by atoms with Crippen LogP contribution in [0, 0.1) is 0 Å². The molecule has 2 N–H and O–H groups in total. The molecule has 1 saturated heterocycles. The van der Waals surface area contributed by atoms with Gasteiger partial charge in [-0.3, -0.25) is 14.6 Å². The number of aromatic nitrogens is 1. The molecule has 1 aliphatic rings. The van der Waals surface area contributed by atoms with Crippen LogP contribution in [0.1, 0.15) is 24.3 Å². The van der Waals surface area contributed by atoms with E-state index in [0.29, 0.717) is 17.8 Å². The predicted octanol–water partition coefficient (Wildman–Crippen LogP) is 1.50. The van der Waals surface area contributed by atoms with Crippen LogP contribution in [0.15, 0.2) is 48.7 Å². The third-order valence-corrected chi connectivity index (χ3v) is 4.23. The predicted molar refractivity (Wildman–Crippen MR) is 95.1 cm³/mol. The number of ether oxygens (including phenoxy) is 1. The van der Waals surface area contributed by atoms with E-state index in [0.717, 1.165) is 5.69 Å². The summed E-state index contributed by atoms with van der Waals surface area (Å²) < 4.78 is 5.35. The van der Waals surface area contributed by atoms with Crippen LogP contribution in [0.4, 0.5) is 5.69 Å². The van der Waals surface area contributed by atoms with E-state index in [4.69, 9.17) is 4.74 Å². The number of carbonyl (C=O) groups is 2. The van der Waals surface area contributed by atoms with Crippen molar-refractivity contribution in [2.45, 2.75) is 25.6 Å². The van der Waals surface area contributed by atoms with Gasteiger partial charge in [0.2, 0.25) is 11.8 Å². The van der Waals surface area contributed by atoms with Crippen LogP contribution in [0.3, 0.4) is 0 Å². The average Bonchev–Trinajstić information content (AvgIpc) is 2.64. The summed E-state index contributed by atoms with van der Waals surface area (Å²) in [5, 5.41) is 13.5. The molecular weight excluding hydrogens is 334 g/mol. The molecule has 2 atom stereocenters. The Kier molecular flexibility index (Phi) is 5.60. The second kappa shape index (κ2) is 8.07. The van der Waals surface area contributed by atoms with Crippen LogP contribution < -0.4 is 5.32 Å². The molecule has 26 heavy (non-hydrogen) atoms. The number of nitrogens with zero attached hydrogens (tertiary/aromatic N) is 2.